The molecule has 0 aliphatic carbocycles. The number of aliphatic hydroxyl groups excluding tert-OH is 1. The van der Waals surface area contributed by atoms with E-state index >= 15 is 0 Å². The molecule has 0 heterocycles. The van der Waals surface area contributed by atoms with Crippen LogP contribution in [0, 0.1) is 6.92 Å². The maximum atomic E-state index is 10.1. The van der Waals surface area contributed by atoms with Gasteiger partial charge in [0.05, 0.1) is 13.2 Å². The van der Waals surface area contributed by atoms with Gasteiger partial charge in [-0.1, -0.05) is 11.6 Å². The normalized spacial score (nSPS) is 12.5. The van der Waals surface area contributed by atoms with Gasteiger partial charge in [0.25, 0.3) is 0 Å². The average molecular weight is 240 g/mol. The number of ether oxygens (including phenoxy) is 1. The summed E-state index contributed by atoms with van der Waals surface area (Å²) in [4.78, 5) is 0. The van der Waals surface area contributed by atoms with Gasteiger partial charge in [0.1, 0.15) is 5.75 Å². The molecule has 90 valence electrons. The van der Waals surface area contributed by atoms with E-state index in [0.717, 1.165) is 35.5 Å². The van der Waals surface area contributed by atoms with Gasteiger partial charge in [-0.05, 0) is 43.9 Å². The number of hydrogen-bond donors (Lipinski definition) is 1. The van der Waals surface area contributed by atoms with Crippen LogP contribution in [0.3, 0.4) is 0 Å². The monoisotopic (exact) mass is 240 g/mol. The van der Waals surface area contributed by atoms with E-state index in [0.29, 0.717) is 0 Å². The number of rotatable bonds is 6. The fourth-order valence-electron chi connectivity index (χ4n) is 1.69. The van der Waals surface area contributed by atoms with E-state index in [2.05, 4.69) is 6.26 Å². The summed E-state index contributed by atoms with van der Waals surface area (Å²) < 4.78 is 5.26. The molecule has 16 heavy (non-hydrogen) atoms. The Balaban J connectivity index is 2.72. The first-order valence-electron chi connectivity index (χ1n) is 5.50. The van der Waals surface area contributed by atoms with Crippen molar-refractivity contribution in [3.05, 3.63) is 29.3 Å². The molecule has 0 aliphatic rings. The molecule has 0 aromatic heterocycles. The molecule has 1 N–H and O–H groups in total. The van der Waals surface area contributed by atoms with Crippen LogP contribution in [-0.2, 0) is 0 Å². The molecule has 0 aliphatic heterocycles. The van der Waals surface area contributed by atoms with Crippen LogP contribution in [0.5, 0.6) is 5.75 Å². The summed E-state index contributed by atoms with van der Waals surface area (Å²) in [7, 11) is 1.64. The number of benzene rings is 1. The Kier molecular flexibility index (Phi) is 5.71. The predicted molar refractivity (Wildman–Crippen MR) is 70.3 cm³/mol. The van der Waals surface area contributed by atoms with E-state index in [1.165, 1.54) is 0 Å². The van der Waals surface area contributed by atoms with Crippen LogP contribution in [0.4, 0.5) is 0 Å². The van der Waals surface area contributed by atoms with Gasteiger partial charge >= 0.3 is 0 Å². The number of methoxy groups -OCH3 is 1. The zero-order valence-corrected chi connectivity index (χ0v) is 11.0. The van der Waals surface area contributed by atoms with Crippen LogP contribution in [0.1, 0.15) is 30.1 Å². The van der Waals surface area contributed by atoms with E-state index in [-0.39, 0.29) is 0 Å². The molecule has 1 unspecified atom stereocenters. The lowest BCUT2D eigenvalue weighted by molar-refractivity contribution is 0.162. The summed E-state index contributed by atoms with van der Waals surface area (Å²) in [6, 6.07) is 5.92. The number of aliphatic hydroxyl groups is 1. The zero-order valence-electron chi connectivity index (χ0n) is 10.2. The summed E-state index contributed by atoms with van der Waals surface area (Å²) >= 11 is 1.81. The molecule has 0 spiro atoms. The minimum Gasteiger partial charge on any atom is -0.496 e. The Morgan fingerprint density at radius 3 is 2.81 bits per heavy atom. The summed E-state index contributed by atoms with van der Waals surface area (Å²) in [5.74, 6) is 1.87. The third-order valence-electron chi connectivity index (χ3n) is 2.57. The lowest BCUT2D eigenvalue weighted by atomic mass is 10.0. The van der Waals surface area contributed by atoms with Crippen LogP contribution >= 0.6 is 11.8 Å². The van der Waals surface area contributed by atoms with Crippen LogP contribution < -0.4 is 4.74 Å². The highest BCUT2D eigenvalue weighted by atomic mass is 32.2. The van der Waals surface area contributed by atoms with Crippen molar-refractivity contribution in [1.29, 1.82) is 0 Å². The number of hydrogen-bond acceptors (Lipinski definition) is 3. The van der Waals surface area contributed by atoms with E-state index in [4.69, 9.17) is 4.74 Å². The van der Waals surface area contributed by atoms with Crippen molar-refractivity contribution in [2.24, 2.45) is 0 Å². The molecular formula is C13H20O2S. The molecule has 1 aromatic carbocycles. The van der Waals surface area contributed by atoms with Gasteiger partial charge in [0, 0.05) is 5.56 Å². The quantitative estimate of drug-likeness (QED) is 0.774. The average Bonchev–Trinajstić information content (AvgIpc) is 2.29. The van der Waals surface area contributed by atoms with E-state index < -0.39 is 6.10 Å². The largest absolute Gasteiger partial charge is 0.496 e. The van der Waals surface area contributed by atoms with Crippen LogP contribution in [0.15, 0.2) is 18.2 Å². The second kappa shape index (κ2) is 6.81. The van der Waals surface area contributed by atoms with Gasteiger partial charge in [-0.15, -0.1) is 0 Å². The zero-order chi connectivity index (χ0) is 12.0. The lowest BCUT2D eigenvalue weighted by Gasteiger charge is -2.15. The van der Waals surface area contributed by atoms with Gasteiger partial charge < -0.3 is 9.84 Å². The second-order valence-electron chi connectivity index (χ2n) is 3.90. The minimum atomic E-state index is -0.415. The first kappa shape index (κ1) is 13.4. The molecule has 0 bridgehead atoms. The highest BCUT2D eigenvalue weighted by Crippen LogP contribution is 2.29. The first-order valence-corrected chi connectivity index (χ1v) is 6.90. The van der Waals surface area contributed by atoms with Gasteiger partial charge in [-0.25, -0.2) is 0 Å². The Morgan fingerprint density at radius 1 is 1.44 bits per heavy atom. The highest BCUT2D eigenvalue weighted by molar-refractivity contribution is 7.98. The second-order valence-corrected chi connectivity index (χ2v) is 4.88. The Hall–Kier alpha value is -0.670. The first-order chi connectivity index (χ1) is 7.69. The summed E-state index contributed by atoms with van der Waals surface area (Å²) in [6.45, 7) is 2.03. The summed E-state index contributed by atoms with van der Waals surface area (Å²) in [6.07, 6.45) is 3.49. The molecular weight excluding hydrogens is 220 g/mol. The molecule has 0 amide bonds. The molecule has 0 radical (unpaired) electrons. The Morgan fingerprint density at radius 2 is 2.19 bits per heavy atom. The summed E-state index contributed by atoms with van der Waals surface area (Å²) in [5.41, 5.74) is 2.06. The van der Waals surface area contributed by atoms with Crippen LogP contribution in [0.25, 0.3) is 0 Å². The maximum Gasteiger partial charge on any atom is 0.124 e. The fourth-order valence-corrected chi connectivity index (χ4v) is 2.15. The highest BCUT2D eigenvalue weighted by Gasteiger charge is 2.12. The number of aryl methyl sites for hydroxylation is 1. The van der Waals surface area contributed by atoms with Gasteiger partial charge in [0.2, 0.25) is 0 Å². The molecule has 0 saturated carbocycles. The molecule has 1 rings (SSSR count). The number of thioether (sulfide) groups is 1. The third kappa shape index (κ3) is 3.72. The third-order valence-corrected chi connectivity index (χ3v) is 3.27. The maximum absolute atomic E-state index is 10.1. The van der Waals surface area contributed by atoms with E-state index in [9.17, 15) is 5.11 Å². The molecule has 1 aromatic rings. The predicted octanol–water partition coefficient (Wildman–Crippen LogP) is 3.18. The SMILES string of the molecule is COc1ccc(C)cc1C(O)CCCSC. The van der Waals surface area contributed by atoms with Gasteiger partial charge in [0.15, 0.2) is 0 Å². The molecule has 2 nitrogen and oxygen atoms in total. The lowest BCUT2D eigenvalue weighted by Crippen LogP contribution is -2.01. The molecule has 0 saturated heterocycles. The van der Waals surface area contributed by atoms with Crippen molar-refractivity contribution in [2.45, 2.75) is 25.9 Å². The van der Waals surface area contributed by atoms with Crippen molar-refractivity contribution in [3.8, 4) is 5.75 Å². The van der Waals surface area contributed by atoms with E-state index in [1.54, 1.807) is 7.11 Å². The van der Waals surface area contributed by atoms with Crippen molar-refractivity contribution in [2.75, 3.05) is 19.1 Å². The summed E-state index contributed by atoms with van der Waals surface area (Å²) in [5, 5.41) is 10.1. The molecule has 1 atom stereocenters. The smallest absolute Gasteiger partial charge is 0.124 e. The molecule has 3 heteroatoms. The van der Waals surface area contributed by atoms with Crippen molar-refractivity contribution >= 4 is 11.8 Å². The van der Waals surface area contributed by atoms with E-state index in [1.807, 2.05) is 36.9 Å². The van der Waals surface area contributed by atoms with Crippen molar-refractivity contribution in [1.82, 2.24) is 0 Å². The standard InChI is InChI=1S/C13H20O2S/c1-10-6-7-13(15-2)11(9-10)12(14)5-4-8-16-3/h6-7,9,12,14H,4-5,8H2,1-3H3. The Bertz CT molecular complexity index is 326. The van der Waals surface area contributed by atoms with Gasteiger partial charge in [-0.3, -0.25) is 0 Å². The Labute approximate surface area is 102 Å². The molecule has 0 fully saturated rings. The van der Waals surface area contributed by atoms with Crippen LogP contribution in [-0.4, -0.2) is 24.2 Å². The minimum absolute atomic E-state index is 0.415. The van der Waals surface area contributed by atoms with Crippen molar-refractivity contribution < 1.29 is 9.84 Å². The fraction of sp³-hybridized carbons (Fsp3) is 0.538. The topological polar surface area (TPSA) is 29.5 Å². The van der Waals surface area contributed by atoms with Crippen molar-refractivity contribution in [3.63, 3.8) is 0 Å². The van der Waals surface area contributed by atoms with Gasteiger partial charge in [-0.2, -0.15) is 11.8 Å². The van der Waals surface area contributed by atoms with Crippen LogP contribution in [0.2, 0.25) is 0 Å².